The molecule has 0 spiro atoms. The maximum atomic E-state index is 12.1. The first-order chi connectivity index (χ1) is 12.2. The van der Waals surface area contributed by atoms with Crippen LogP contribution in [0, 0.1) is 0 Å². The Morgan fingerprint density at radius 1 is 1.08 bits per heavy atom. The number of aromatic amines is 1. The van der Waals surface area contributed by atoms with Gasteiger partial charge in [0.2, 0.25) is 5.75 Å². The van der Waals surface area contributed by atoms with Gasteiger partial charge in [0, 0.05) is 18.3 Å². The van der Waals surface area contributed by atoms with E-state index in [0.29, 0.717) is 39.7 Å². The Balaban J connectivity index is 1.87. The van der Waals surface area contributed by atoms with E-state index in [4.69, 9.17) is 18.9 Å². The van der Waals surface area contributed by atoms with E-state index in [1.807, 2.05) is 0 Å². The Hall–Kier alpha value is -3.29. The van der Waals surface area contributed by atoms with Crippen molar-refractivity contribution in [2.75, 3.05) is 21.3 Å². The number of fused-ring (bicyclic) bond motifs is 1. The molecule has 0 radical (unpaired) electrons. The summed E-state index contributed by atoms with van der Waals surface area (Å²) in [5.41, 5.74) is 0.269. The average Bonchev–Trinajstić information content (AvgIpc) is 2.65. The smallest absolute Gasteiger partial charge is 0.258 e. The number of benzene rings is 1. The van der Waals surface area contributed by atoms with Crippen LogP contribution in [-0.4, -0.2) is 36.3 Å². The summed E-state index contributed by atoms with van der Waals surface area (Å²) >= 11 is 0. The molecular formula is C17H17N3O5. The molecule has 0 atom stereocenters. The SMILES string of the molecule is COc1cc(OCc2nc3cnccc3c(=O)[nH]2)cc(OC)c1OC. The second-order valence-electron chi connectivity index (χ2n) is 5.06. The van der Waals surface area contributed by atoms with E-state index in [9.17, 15) is 4.79 Å². The summed E-state index contributed by atoms with van der Waals surface area (Å²) in [7, 11) is 4.57. The number of rotatable bonds is 6. The van der Waals surface area contributed by atoms with Crippen LogP contribution in [0.3, 0.4) is 0 Å². The van der Waals surface area contributed by atoms with Crippen LogP contribution < -0.4 is 24.5 Å². The molecule has 0 aliphatic rings. The van der Waals surface area contributed by atoms with Gasteiger partial charge in [0.15, 0.2) is 11.5 Å². The lowest BCUT2D eigenvalue weighted by atomic mass is 10.2. The van der Waals surface area contributed by atoms with Crippen LogP contribution in [0.1, 0.15) is 5.82 Å². The molecule has 3 rings (SSSR count). The van der Waals surface area contributed by atoms with Crippen LogP contribution in [0.2, 0.25) is 0 Å². The van der Waals surface area contributed by atoms with Gasteiger partial charge in [-0.3, -0.25) is 9.78 Å². The van der Waals surface area contributed by atoms with Crippen molar-refractivity contribution in [2.24, 2.45) is 0 Å². The summed E-state index contributed by atoms with van der Waals surface area (Å²) in [5.74, 6) is 2.30. The van der Waals surface area contributed by atoms with Crippen LogP contribution >= 0.6 is 0 Å². The van der Waals surface area contributed by atoms with Gasteiger partial charge in [-0.15, -0.1) is 0 Å². The Bertz CT molecular complexity index is 929. The predicted molar refractivity (Wildman–Crippen MR) is 90.6 cm³/mol. The highest BCUT2D eigenvalue weighted by atomic mass is 16.5. The van der Waals surface area contributed by atoms with Crippen molar-refractivity contribution in [1.29, 1.82) is 0 Å². The molecule has 2 heterocycles. The number of hydrogen-bond acceptors (Lipinski definition) is 7. The molecule has 2 aromatic heterocycles. The molecule has 0 aliphatic heterocycles. The Morgan fingerprint density at radius 2 is 1.80 bits per heavy atom. The molecule has 0 amide bonds. The fraction of sp³-hybridized carbons (Fsp3) is 0.235. The predicted octanol–water partition coefficient (Wildman–Crippen LogP) is 1.92. The quantitative estimate of drug-likeness (QED) is 0.730. The number of H-pyrrole nitrogens is 1. The van der Waals surface area contributed by atoms with E-state index in [1.54, 1.807) is 24.4 Å². The van der Waals surface area contributed by atoms with Crippen molar-refractivity contribution in [3.63, 3.8) is 0 Å². The molecular weight excluding hydrogens is 326 g/mol. The Kier molecular flexibility index (Phi) is 4.69. The summed E-state index contributed by atoms with van der Waals surface area (Å²) in [6, 6.07) is 4.95. The zero-order chi connectivity index (χ0) is 17.8. The third-order valence-corrected chi connectivity index (χ3v) is 3.57. The normalized spacial score (nSPS) is 10.5. The van der Waals surface area contributed by atoms with Gasteiger partial charge in [0.05, 0.1) is 38.4 Å². The van der Waals surface area contributed by atoms with E-state index < -0.39 is 0 Å². The van der Waals surface area contributed by atoms with Crippen LogP contribution in [0.5, 0.6) is 23.0 Å². The lowest BCUT2D eigenvalue weighted by Gasteiger charge is -2.14. The molecule has 25 heavy (non-hydrogen) atoms. The summed E-state index contributed by atoms with van der Waals surface area (Å²) in [6.45, 7) is 0.0682. The number of nitrogens with one attached hydrogen (secondary N) is 1. The molecule has 0 aliphatic carbocycles. The molecule has 0 fully saturated rings. The van der Waals surface area contributed by atoms with Crippen LogP contribution in [-0.2, 0) is 6.61 Å². The highest BCUT2D eigenvalue weighted by molar-refractivity contribution is 5.75. The van der Waals surface area contributed by atoms with Gasteiger partial charge in [-0.05, 0) is 6.07 Å². The van der Waals surface area contributed by atoms with Crippen LogP contribution in [0.25, 0.3) is 10.9 Å². The monoisotopic (exact) mass is 343 g/mol. The Labute approximate surface area is 143 Å². The number of methoxy groups -OCH3 is 3. The molecule has 8 nitrogen and oxygen atoms in total. The summed E-state index contributed by atoms with van der Waals surface area (Å²) in [4.78, 5) is 23.1. The van der Waals surface area contributed by atoms with E-state index >= 15 is 0 Å². The molecule has 130 valence electrons. The summed E-state index contributed by atoms with van der Waals surface area (Å²) in [5, 5.41) is 0.478. The number of pyridine rings is 1. The lowest BCUT2D eigenvalue weighted by molar-refractivity contribution is 0.284. The number of aromatic nitrogens is 3. The van der Waals surface area contributed by atoms with Crippen LogP contribution in [0.15, 0.2) is 35.4 Å². The van der Waals surface area contributed by atoms with Crippen molar-refractivity contribution >= 4 is 10.9 Å². The van der Waals surface area contributed by atoms with Gasteiger partial charge >= 0.3 is 0 Å². The topological polar surface area (TPSA) is 95.6 Å². The maximum absolute atomic E-state index is 12.1. The zero-order valence-electron chi connectivity index (χ0n) is 14.0. The van der Waals surface area contributed by atoms with Gasteiger partial charge in [0.1, 0.15) is 18.2 Å². The second-order valence-corrected chi connectivity index (χ2v) is 5.06. The standard InChI is InChI=1S/C17H17N3O5/c1-22-13-6-10(7-14(23-2)16(13)24-3)25-9-15-19-12-8-18-5-4-11(12)17(21)20-15/h4-8H,9H2,1-3H3,(H,19,20,21). The molecule has 0 unspecified atom stereocenters. The first-order valence-electron chi connectivity index (χ1n) is 7.42. The van der Waals surface area contributed by atoms with Gasteiger partial charge in [-0.2, -0.15) is 0 Å². The highest BCUT2D eigenvalue weighted by Gasteiger charge is 2.14. The summed E-state index contributed by atoms with van der Waals surface area (Å²) < 4.78 is 21.5. The fourth-order valence-corrected chi connectivity index (χ4v) is 2.40. The van der Waals surface area contributed by atoms with E-state index in [-0.39, 0.29) is 12.2 Å². The third-order valence-electron chi connectivity index (χ3n) is 3.57. The van der Waals surface area contributed by atoms with Crippen molar-refractivity contribution in [2.45, 2.75) is 6.61 Å². The van der Waals surface area contributed by atoms with E-state index in [2.05, 4.69) is 15.0 Å². The minimum absolute atomic E-state index is 0.0682. The minimum Gasteiger partial charge on any atom is -0.493 e. The third kappa shape index (κ3) is 3.32. The number of hydrogen-bond donors (Lipinski definition) is 1. The van der Waals surface area contributed by atoms with Gasteiger partial charge in [0.25, 0.3) is 5.56 Å². The first-order valence-corrected chi connectivity index (χ1v) is 7.42. The van der Waals surface area contributed by atoms with E-state index in [0.717, 1.165) is 0 Å². The molecule has 0 bridgehead atoms. The lowest BCUT2D eigenvalue weighted by Crippen LogP contribution is -2.13. The molecule has 0 saturated heterocycles. The Morgan fingerprint density at radius 3 is 2.44 bits per heavy atom. The maximum Gasteiger partial charge on any atom is 0.258 e. The molecule has 8 heteroatoms. The van der Waals surface area contributed by atoms with Crippen molar-refractivity contribution in [3.05, 3.63) is 46.8 Å². The zero-order valence-corrected chi connectivity index (χ0v) is 14.0. The van der Waals surface area contributed by atoms with Crippen molar-refractivity contribution < 1.29 is 18.9 Å². The molecule has 1 N–H and O–H groups in total. The van der Waals surface area contributed by atoms with Gasteiger partial charge in [-0.1, -0.05) is 0 Å². The average molecular weight is 343 g/mol. The largest absolute Gasteiger partial charge is 0.493 e. The highest BCUT2D eigenvalue weighted by Crippen LogP contribution is 2.40. The second kappa shape index (κ2) is 7.08. The number of ether oxygens (including phenoxy) is 4. The van der Waals surface area contributed by atoms with E-state index in [1.165, 1.54) is 27.5 Å². The van der Waals surface area contributed by atoms with Crippen LogP contribution in [0.4, 0.5) is 0 Å². The molecule has 0 saturated carbocycles. The summed E-state index contributed by atoms with van der Waals surface area (Å²) in [6.07, 6.45) is 3.08. The fourth-order valence-electron chi connectivity index (χ4n) is 2.40. The van der Waals surface area contributed by atoms with Crippen molar-refractivity contribution in [1.82, 2.24) is 15.0 Å². The minimum atomic E-state index is -0.240. The van der Waals surface area contributed by atoms with Gasteiger partial charge < -0.3 is 23.9 Å². The molecule has 3 aromatic rings. The number of nitrogens with zero attached hydrogens (tertiary/aromatic N) is 2. The molecule has 1 aromatic carbocycles. The first kappa shape index (κ1) is 16.6. The van der Waals surface area contributed by atoms with Gasteiger partial charge in [-0.25, -0.2) is 4.98 Å². The van der Waals surface area contributed by atoms with Crippen molar-refractivity contribution in [3.8, 4) is 23.0 Å².